The van der Waals surface area contributed by atoms with Gasteiger partial charge in [0.15, 0.2) is 0 Å². The van der Waals surface area contributed by atoms with E-state index in [4.69, 9.17) is 4.74 Å². The van der Waals surface area contributed by atoms with Gasteiger partial charge in [-0.2, -0.15) is 0 Å². The Morgan fingerprint density at radius 2 is 2.14 bits per heavy atom. The number of methoxy groups -OCH3 is 1. The van der Waals surface area contributed by atoms with Crippen molar-refractivity contribution in [3.05, 3.63) is 24.0 Å². The molecule has 1 aromatic rings. The molecule has 0 aliphatic rings. The van der Waals surface area contributed by atoms with E-state index in [2.05, 4.69) is 34.8 Å². The Morgan fingerprint density at radius 3 is 2.71 bits per heavy atom. The quantitative estimate of drug-likeness (QED) is 0.774. The highest BCUT2D eigenvalue weighted by molar-refractivity contribution is 9.09. The molecular weight excluding hydrogens is 242 g/mol. The van der Waals surface area contributed by atoms with Gasteiger partial charge in [-0.3, -0.25) is 4.98 Å². The van der Waals surface area contributed by atoms with E-state index in [9.17, 15) is 0 Å². The molecule has 1 rings (SSSR count). The van der Waals surface area contributed by atoms with Crippen molar-refractivity contribution in [2.75, 3.05) is 12.4 Å². The highest BCUT2D eigenvalue weighted by atomic mass is 79.9. The van der Waals surface area contributed by atoms with E-state index in [1.165, 1.54) is 5.56 Å². The first-order valence-electron chi connectivity index (χ1n) is 4.61. The van der Waals surface area contributed by atoms with E-state index in [0.29, 0.717) is 0 Å². The molecule has 0 amide bonds. The predicted molar refractivity (Wildman–Crippen MR) is 62.1 cm³/mol. The summed E-state index contributed by atoms with van der Waals surface area (Å²) >= 11 is 3.51. The fourth-order valence-electron chi connectivity index (χ4n) is 1.27. The van der Waals surface area contributed by atoms with E-state index in [-0.39, 0.29) is 5.41 Å². The zero-order chi connectivity index (χ0) is 10.6. The number of pyridine rings is 1. The van der Waals surface area contributed by atoms with Crippen LogP contribution in [0.2, 0.25) is 0 Å². The smallest absolute Gasteiger partial charge is 0.137 e. The number of alkyl halides is 1. The van der Waals surface area contributed by atoms with Crippen LogP contribution in [-0.2, 0) is 6.42 Å². The van der Waals surface area contributed by atoms with Crippen LogP contribution in [0.25, 0.3) is 0 Å². The molecule has 0 saturated carbocycles. The Labute approximate surface area is 93.8 Å². The third-order valence-corrected chi connectivity index (χ3v) is 3.57. The Morgan fingerprint density at radius 1 is 1.43 bits per heavy atom. The first-order valence-corrected chi connectivity index (χ1v) is 5.73. The first-order chi connectivity index (χ1) is 6.57. The Kier molecular flexibility index (Phi) is 3.93. The third-order valence-electron chi connectivity index (χ3n) is 2.05. The SMILES string of the molecule is COc1cncc(CC(C)(C)CBr)c1. The van der Waals surface area contributed by atoms with Gasteiger partial charge in [0.2, 0.25) is 0 Å². The van der Waals surface area contributed by atoms with Crippen LogP contribution in [-0.4, -0.2) is 17.4 Å². The van der Waals surface area contributed by atoms with Crippen molar-refractivity contribution < 1.29 is 4.74 Å². The second-order valence-electron chi connectivity index (χ2n) is 4.21. The average Bonchev–Trinajstić information content (AvgIpc) is 2.17. The molecule has 0 aromatic carbocycles. The summed E-state index contributed by atoms with van der Waals surface area (Å²) in [4.78, 5) is 4.13. The maximum atomic E-state index is 5.13. The Balaban J connectivity index is 2.76. The van der Waals surface area contributed by atoms with Gasteiger partial charge < -0.3 is 4.74 Å². The third kappa shape index (κ3) is 3.29. The number of hydrogen-bond donors (Lipinski definition) is 0. The van der Waals surface area contributed by atoms with Gasteiger partial charge in [-0.05, 0) is 23.5 Å². The number of rotatable bonds is 4. The van der Waals surface area contributed by atoms with Crippen LogP contribution in [0, 0.1) is 5.41 Å². The van der Waals surface area contributed by atoms with Crippen molar-refractivity contribution in [3.8, 4) is 5.75 Å². The fraction of sp³-hybridized carbons (Fsp3) is 0.545. The van der Waals surface area contributed by atoms with Gasteiger partial charge >= 0.3 is 0 Å². The number of aromatic nitrogens is 1. The fourth-order valence-corrected chi connectivity index (χ4v) is 1.47. The van der Waals surface area contributed by atoms with E-state index in [0.717, 1.165) is 17.5 Å². The lowest BCUT2D eigenvalue weighted by Gasteiger charge is -2.21. The molecular formula is C11H16BrNO. The Bertz CT molecular complexity index is 299. The van der Waals surface area contributed by atoms with Crippen molar-refractivity contribution in [1.82, 2.24) is 4.98 Å². The van der Waals surface area contributed by atoms with E-state index in [1.807, 2.05) is 12.3 Å². The van der Waals surface area contributed by atoms with Gasteiger partial charge in [0.25, 0.3) is 0 Å². The molecule has 14 heavy (non-hydrogen) atoms. The minimum Gasteiger partial charge on any atom is -0.495 e. The second-order valence-corrected chi connectivity index (χ2v) is 4.77. The molecule has 0 atom stereocenters. The van der Waals surface area contributed by atoms with Crippen molar-refractivity contribution >= 4 is 15.9 Å². The van der Waals surface area contributed by atoms with Gasteiger partial charge in [-0.25, -0.2) is 0 Å². The molecule has 1 aromatic heterocycles. The minimum atomic E-state index is 0.258. The molecule has 2 nitrogen and oxygen atoms in total. The lowest BCUT2D eigenvalue weighted by Crippen LogP contribution is -2.16. The van der Waals surface area contributed by atoms with Gasteiger partial charge in [-0.1, -0.05) is 29.8 Å². The van der Waals surface area contributed by atoms with E-state index in [1.54, 1.807) is 13.3 Å². The molecule has 1 heterocycles. The zero-order valence-corrected chi connectivity index (χ0v) is 10.5. The minimum absolute atomic E-state index is 0.258. The number of ether oxygens (including phenoxy) is 1. The molecule has 0 aliphatic carbocycles. The number of hydrogen-bond acceptors (Lipinski definition) is 2. The molecule has 78 valence electrons. The molecule has 0 saturated heterocycles. The summed E-state index contributed by atoms with van der Waals surface area (Å²) < 4.78 is 5.13. The van der Waals surface area contributed by atoms with Gasteiger partial charge in [0.05, 0.1) is 13.3 Å². The molecule has 0 spiro atoms. The summed E-state index contributed by atoms with van der Waals surface area (Å²) in [6.07, 6.45) is 4.63. The number of halogens is 1. The van der Waals surface area contributed by atoms with Crippen LogP contribution >= 0.6 is 15.9 Å². The van der Waals surface area contributed by atoms with Crippen LogP contribution in [0.4, 0.5) is 0 Å². The van der Waals surface area contributed by atoms with Crippen LogP contribution in [0.3, 0.4) is 0 Å². The predicted octanol–water partition coefficient (Wildman–Crippen LogP) is 3.05. The monoisotopic (exact) mass is 257 g/mol. The number of nitrogens with zero attached hydrogens (tertiary/aromatic N) is 1. The normalized spacial score (nSPS) is 11.4. The van der Waals surface area contributed by atoms with Crippen molar-refractivity contribution in [2.24, 2.45) is 5.41 Å². The summed E-state index contributed by atoms with van der Waals surface area (Å²) in [5.41, 5.74) is 1.47. The molecule has 0 bridgehead atoms. The molecule has 0 N–H and O–H groups in total. The maximum absolute atomic E-state index is 5.13. The van der Waals surface area contributed by atoms with E-state index >= 15 is 0 Å². The van der Waals surface area contributed by atoms with Gasteiger partial charge in [-0.15, -0.1) is 0 Å². The Hall–Kier alpha value is -0.570. The largest absolute Gasteiger partial charge is 0.495 e. The molecule has 0 aliphatic heterocycles. The summed E-state index contributed by atoms with van der Waals surface area (Å²) in [6, 6.07) is 2.04. The van der Waals surface area contributed by atoms with Crippen LogP contribution in [0.1, 0.15) is 19.4 Å². The average molecular weight is 258 g/mol. The summed E-state index contributed by atoms with van der Waals surface area (Å²) in [7, 11) is 1.66. The first kappa shape index (κ1) is 11.5. The summed E-state index contributed by atoms with van der Waals surface area (Å²) in [5.74, 6) is 0.827. The van der Waals surface area contributed by atoms with Crippen LogP contribution in [0.15, 0.2) is 18.5 Å². The lowest BCUT2D eigenvalue weighted by molar-refractivity contribution is 0.405. The van der Waals surface area contributed by atoms with Crippen molar-refractivity contribution in [2.45, 2.75) is 20.3 Å². The highest BCUT2D eigenvalue weighted by Crippen LogP contribution is 2.25. The standard InChI is InChI=1S/C11H16BrNO/c1-11(2,8-12)5-9-4-10(14-3)7-13-6-9/h4,6-7H,5,8H2,1-3H3. The lowest BCUT2D eigenvalue weighted by atomic mass is 9.89. The van der Waals surface area contributed by atoms with Crippen LogP contribution in [0.5, 0.6) is 5.75 Å². The summed E-state index contributed by atoms with van der Waals surface area (Å²) in [6.45, 7) is 4.45. The second kappa shape index (κ2) is 4.78. The van der Waals surface area contributed by atoms with Gasteiger partial charge in [0.1, 0.15) is 5.75 Å². The molecule has 0 unspecified atom stereocenters. The summed E-state index contributed by atoms with van der Waals surface area (Å²) in [5, 5.41) is 0.983. The zero-order valence-electron chi connectivity index (χ0n) is 8.88. The topological polar surface area (TPSA) is 22.1 Å². The van der Waals surface area contributed by atoms with E-state index < -0.39 is 0 Å². The highest BCUT2D eigenvalue weighted by Gasteiger charge is 2.17. The van der Waals surface area contributed by atoms with Crippen LogP contribution < -0.4 is 4.74 Å². The van der Waals surface area contributed by atoms with Crippen molar-refractivity contribution in [3.63, 3.8) is 0 Å². The van der Waals surface area contributed by atoms with Gasteiger partial charge in [0, 0.05) is 11.5 Å². The molecule has 0 radical (unpaired) electrons. The molecule has 0 fully saturated rings. The van der Waals surface area contributed by atoms with Crippen molar-refractivity contribution in [1.29, 1.82) is 0 Å². The molecule has 3 heteroatoms. The maximum Gasteiger partial charge on any atom is 0.137 e.